The van der Waals surface area contributed by atoms with Gasteiger partial charge in [0, 0.05) is 16.2 Å². The van der Waals surface area contributed by atoms with Crippen LogP contribution in [0.15, 0.2) is 24.4 Å². The minimum absolute atomic E-state index is 0.175. The van der Waals surface area contributed by atoms with E-state index in [9.17, 15) is 4.79 Å². The number of benzene rings is 1. The fourth-order valence-corrected chi connectivity index (χ4v) is 3.86. The van der Waals surface area contributed by atoms with Crippen molar-refractivity contribution in [2.75, 3.05) is 5.32 Å². The normalized spacial score (nSPS) is 19.7. The molecule has 1 N–H and O–H groups in total. The maximum atomic E-state index is 11.8. The van der Waals surface area contributed by atoms with E-state index in [1.807, 2.05) is 0 Å². The number of Topliss-reactive ketones (excluding diaryl/α,β-unsaturated/α-hetero) is 1. The zero-order valence-corrected chi connectivity index (χ0v) is 14.3. The van der Waals surface area contributed by atoms with Gasteiger partial charge in [0.05, 0.1) is 17.3 Å². The molecule has 2 aliphatic carbocycles. The van der Waals surface area contributed by atoms with Gasteiger partial charge >= 0.3 is 0 Å². The van der Waals surface area contributed by atoms with Crippen molar-refractivity contribution in [3.63, 3.8) is 0 Å². The lowest BCUT2D eigenvalue weighted by molar-refractivity contribution is 0.0971. The van der Waals surface area contributed by atoms with Crippen molar-refractivity contribution in [1.29, 1.82) is 0 Å². The number of rotatable bonds is 2. The lowest BCUT2D eigenvalue weighted by Gasteiger charge is -2.17. The Kier molecular flexibility index (Phi) is 3.60. The molecule has 112 valence electrons. The highest BCUT2D eigenvalue weighted by molar-refractivity contribution is 14.1. The molecule has 4 rings (SSSR count). The van der Waals surface area contributed by atoms with Gasteiger partial charge in [-0.3, -0.25) is 4.79 Å². The molecule has 0 unspecified atom stereocenters. The molecule has 1 aromatic heterocycles. The van der Waals surface area contributed by atoms with Crippen molar-refractivity contribution in [2.24, 2.45) is 0 Å². The maximum Gasteiger partial charge on any atom is 0.223 e. The topological polar surface area (TPSA) is 54.9 Å². The zero-order chi connectivity index (χ0) is 15.1. The van der Waals surface area contributed by atoms with E-state index in [4.69, 9.17) is 0 Å². The number of carbonyl (C=O) groups excluding carboxylic acids is 1. The van der Waals surface area contributed by atoms with E-state index in [1.54, 1.807) is 6.20 Å². The minimum Gasteiger partial charge on any atom is -0.347 e. The van der Waals surface area contributed by atoms with Crippen molar-refractivity contribution >= 4 is 34.3 Å². The Morgan fingerprint density at radius 1 is 1.23 bits per heavy atom. The van der Waals surface area contributed by atoms with E-state index in [0.717, 1.165) is 31.4 Å². The first-order valence-electron chi connectivity index (χ1n) is 7.65. The van der Waals surface area contributed by atoms with E-state index >= 15 is 0 Å². The summed E-state index contributed by atoms with van der Waals surface area (Å²) < 4.78 is 1.25. The predicted molar refractivity (Wildman–Crippen MR) is 93.1 cm³/mol. The molecule has 5 heteroatoms. The number of fused-ring (bicyclic) bond motifs is 2. The van der Waals surface area contributed by atoms with Gasteiger partial charge in [0.1, 0.15) is 0 Å². The molecule has 0 radical (unpaired) electrons. The van der Waals surface area contributed by atoms with Gasteiger partial charge < -0.3 is 5.32 Å². The van der Waals surface area contributed by atoms with E-state index < -0.39 is 0 Å². The summed E-state index contributed by atoms with van der Waals surface area (Å²) in [6.07, 6.45) is 6.24. The van der Waals surface area contributed by atoms with Crippen molar-refractivity contribution < 1.29 is 4.79 Å². The van der Waals surface area contributed by atoms with Crippen LogP contribution in [0.25, 0.3) is 0 Å². The Morgan fingerprint density at radius 3 is 3.05 bits per heavy atom. The van der Waals surface area contributed by atoms with Crippen LogP contribution in [0.5, 0.6) is 0 Å². The van der Waals surface area contributed by atoms with E-state index in [-0.39, 0.29) is 11.8 Å². The van der Waals surface area contributed by atoms with E-state index in [2.05, 4.69) is 56.1 Å². The van der Waals surface area contributed by atoms with Crippen LogP contribution >= 0.6 is 22.6 Å². The second-order valence-electron chi connectivity index (χ2n) is 5.91. The molecular weight excluding hydrogens is 389 g/mol. The van der Waals surface area contributed by atoms with Crippen LogP contribution in [-0.4, -0.2) is 15.8 Å². The number of hydrogen-bond acceptors (Lipinski definition) is 4. The number of ketones is 1. The highest BCUT2D eigenvalue weighted by atomic mass is 127. The maximum absolute atomic E-state index is 11.8. The largest absolute Gasteiger partial charge is 0.347 e. The van der Waals surface area contributed by atoms with Gasteiger partial charge in [-0.2, -0.15) is 0 Å². The molecule has 2 aliphatic rings. The Hall–Kier alpha value is -1.50. The number of halogens is 1. The fraction of sp³-hybridized carbons (Fsp3) is 0.353. The van der Waals surface area contributed by atoms with Crippen molar-refractivity contribution in [1.82, 2.24) is 9.97 Å². The quantitative estimate of drug-likeness (QED) is 0.775. The second-order valence-corrected chi connectivity index (χ2v) is 7.16. The van der Waals surface area contributed by atoms with Crippen LogP contribution in [-0.2, 0) is 12.8 Å². The first-order valence-corrected chi connectivity index (χ1v) is 8.72. The molecule has 0 fully saturated rings. The van der Waals surface area contributed by atoms with Crippen LogP contribution in [0.1, 0.15) is 52.5 Å². The average Bonchev–Trinajstić information content (AvgIpc) is 2.90. The lowest BCUT2D eigenvalue weighted by atomic mass is 9.96. The number of anilines is 1. The van der Waals surface area contributed by atoms with E-state index in [0.29, 0.717) is 17.9 Å². The molecule has 1 aromatic carbocycles. The standard InChI is InChI=1S/C17H16IN3O/c18-11-6-4-10-5-7-15(12(10)8-11)21-17-19-9-13-14(20-17)2-1-3-16(13)22/h4,6,8-9,15H,1-3,5,7H2,(H,19,20,21)/t15-/m1/s1. The molecule has 1 heterocycles. The number of nitrogens with zero attached hydrogens (tertiary/aromatic N) is 2. The van der Waals surface area contributed by atoms with Gasteiger partial charge in [-0.1, -0.05) is 6.07 Å². The SMILES string of the molecule is O=C1CCCc2nc(N[C@@H]3CCc4ccc(I)cc43)ncc21. The highest BCUT2D eigenvalue weighted by Gasteiger charge is 2.24. The number of nitrogens with one attached hydrogen (secondary N) is 1. The Morgan fingerprint density at radius 2 is 2.14 bits per heavy atom. The molecule has 0 saturated carbocycles. The summed E-state index contributed by atoms with van der Waals surface area (Å²) in [6.45, 7) is 0. The van der Waals surface area contributed by atoms with Crippen LogP contribution in [0.3, 0.4) is 0 Å². The van der Waals surface area contributed by atoms with Crippen molar-refractivity contribution in [3.8, 4) is 0 Å². The molecule has 0 amide bonds. The summed E-state index contributed by atoms with van der Waals surface area (Å²) in [5, 5.41) is 3.45. The van der Waals surface area contributed by atoms with Crippen molar-refractivity contribution in [2.45, 2.75) is 38.1 Å². The minimum atomic E-state index is 0.175. The highest BCUT2D eigenvalue weighted by Crippen LogP contribution is 2.34. The monoisotopic (exact) mass is 405 g/mol. The van der Waals surface area contributed by atoms with E-state index in [1.165, 1.54) is 14.7 Å². The summed E-state index contributed by atoms with van der Waals surface area (Å²) in [4.78, 5) is 20.8. The fourth-order valence-electron chi connectivity index (χ4n) is 3.34. The molecule has 0 spiro atoms. The Balaban J connectivity index is 1.61. The third-order valence-electron chi connectivity index (χ3n) is 4.47. The van der Waals surface area contributed by atoms with Crippen LogP contribution < -0.4 is 5.32 Å². The summed E-state index contributed by atoms with van der Waals surface area (Å²) in [7, 11) is 0. The molecule has 22 heavy (non-hydrogen) atoms. The lowest BCUT2D eigenvalue weighted by Crippen LogP contribution is -2.16. The third-order valence-corrected chi connectivity index (χ3v) is 5.15. The summed E-state index contributed by atoms with van der Waals surface area (Å²) in [6, 6.07) is 6.87. The van der Waals surface area contributed by atoms with Gasteiger partial charge in [-0.25, -0.2) is 9.97 Å². The van der Waals surface area contributed by atoms with Crippen LogP contribution in [0, 0.1) is 3.57 Å². The summed E-state index contributed by atoms with van der Waals surface area (Å²) in [5.41, 5.74) is 4.36. The average molecular weight is 405 g/mol. The summed E-state index contributed by atoms with van der Waals surface area (Å²) in [5.74, 6) is 0.818. The van der Waals surface area contributed by atoms with Crippen molar-refractivity contribution in [3.05, 3.63) is 50.4 Å². The molecule has 0 aliphatic heterocycles. The second kappa shape index (κ2) is 5.61. The van der Waals surface area contributed by atoms with Gasteiger partial charge in [0.2, 0.25) is 5.95 Å². The van der Waals surface area contributed by atoms with Gasteiger partial charge in [-0.05, 0) is 71.5 Å². The number of aryl methyl sites for hydroxylation is 2. The summed E-state index contributed by atoms with van der Waals surface area (Å²) >= 11 is 2.35. The molecule has 1 atom stereocenters. The van der Waals surface area contributed by atoms with Gasteiger partial charge in [0.15, 0.2) is 5.78 Å². The smallest absolute Gasteiger partial charge is 0.223 e. The number of aromatic nitrogens is 2. The Labute approximate surface area is 142 Å². The molecule has 0 bridgehead atoms. The molecular formula is C17H16IN3O. The first-order chi connectivity index (χ1) is 10.7. The zero-order valence-electron chi connectivity index (χ0n) is 12.1. The van der Waals surface area contributed by atoms with Gasteiger partial charge in [0.25, 0.3) is 0 Å². The number of hydrogen-bond donors (Lipinski definition) is 1. The molecule has 4 nitrogen and oxygen atoms in total. The number of carbonyl (C=O) groups is 1. The molecule has 2 aromatic rings. The van der Waals surface area contributed by atoms with Gasteiger partial charge in [-0.15, -0.1) is 0 Å². The first kappa shape index (κ1) is 14.1. The van der Waals surface area contributed by atoms with Crippen LogP contribution in [0.2, 0.25) is 0 Å². The van der Waals surface area contributed by atoms with Crippen LogP contribution in [0.4, 0.5) is 5.95 Å². The Bertz CT molecular complexity index is 760. The predicted octanol–water partition coefficient (Wildman–Crippen LogP) is 3.70. The molecule has 0 saturated heterocycles. The third kappa shape index (κ3) is 2.51.